The molecule has 1 N–H and O–H groups in total. The number of aromatic nitrogens is 2. The van der Waals surface area contributed by atoms with Gasteiger partial charge in [-0.25, -0.2) is 4.39 Å². The first-order valence-corrected chi connectivity index (χ1v) is 7.92. The van der Waals surface area contributed by atoms with Gasteiger partial charge in [-0.1, -0.05) is 0 Å². The van der Waals surface area contributed by atoms with E-state index in [1.807, 2.05) is 18.7 Å². The number of allylic oxidation sites excluding steroid dienone is 1. The average molecular weight is 329 g/mol. The van der Waals surface area contributed by atoms with Gasteiger partial charge in [0.15, 0.2) is 5.78 Å². The van der Waals surface area contributed by atoms with E-state index in [2.05, 4.69) is 10.2 Å². The van der Waals surface area contributed by atoms with Gasteiger partial charge in [-0.3, -0.25) is 9.89 Å². The lowest BCUT2D eigenvalue weighted by atomic mass is 10.1. The van der Waals surface area contributed by atoms with Gasteiger partial charge in [0.1, 0.15) is 5.82 Å². The summed E-state index contributed by atoms with van der Waals surface area (Å²) >= 11 is 0. The highest BCUT2D eigenvalue weighted by atomic mass is 19.1. The quantitative estimate of drug-likeness (QED) is 0.692. The predicted molar refractivity (Wildman–Crippen MR) is 90.9 cm³/mol. The van der Waals surface area contributed by atoms with Crippen LogP contribution in [-0.4, -0.2) is 42.3 Å². The maximum absolute atomic E-state index is 14.4. The first kappa shape index (κ1) is 16.4. The Morgan fingerprint density at radius 1 is 1.33 bits per heavy atom. The van der Waals surface area contributed by atoms with E-state index in [-0.39, 0.29) is 11.6 Å². The molecule has 6 heteroatoms. The van der Waals surface area contributed by atoms with Crippen molar-refractivity contribution in [3.63, 3.8) is 0 Å². The highest BCUT2D eigenvalue weighted by Gasteiger charge is 2.16. The fourth-order valence-electron chi connectivity index (χ4n) is 2.78. The van der Waals surface area contributed by atoms with Gasteiger partial charge in [-0.15, -0.1) is 0 Å². The standard InChI is InChI=1S/C18H20FN3O2/c1-12-15(13(2)21-20-12)4-6-18(23)14-3-5-17(16(19)11-14)22-7-9-24-10-8-22/h3-6,11H,7-10H2,1-2H3,(H,20,21). The highest BCUT2D eigenvalue weighted by molar-refractivity contribution is 6.07. The molecule has 126 valence electrons. The first-order chi connectivity index (χ1) is 11.6. The van der Waals surface area contributed by atoms with Crippen LogP contribution in [-0.2, 0) is 4.74 Å². The maximum atomic E-state index is 14.4. The van der Waals surface area contributed by atoms with Gasteiger partial charge in [0, 0.05) is 29.9 Å². The van der Waals surface area contributed by atoms with Crippen LogP contribution in [0.5, 0.6) is 0 Å². The van der Waals surface area contributed by atoms with Crippen LogP contribution in [0.4, 0.5) is 10.1 Å². The largest absolute Gasteiger partial charge is 0.378 e. The number of benzene rings is 1. The van der Waals surface area contributed by atoms with Crippen LogP contribution in [0.15, 0.2) is 24.3 Å². The van der Waals surface area contributed by atoms with E-state index in [9.17, 15) is 9.18 Å². The molecule has 1 aromatic carbocycles. The van der Waals surface area contributed by atoms with Crippen molar-refractivity contribution >= 4 is 17.5 Å². The molecule has 0 aliphatic carbocycles. The molecule has 3 rings (SSSR count). The predicted octanol–water partition coefficient (Wildman–Crippen LogP) is 2.90. The molecule has 2 aromatic rings. The second-order valence-electron chi connectivity index (χ2n) is 5.81. The molecule has 0 bridgehead atoms. The van der Waals surface area contributed by atoms with Gasteiger partial charge in [-0.2, -0.15) is 5.10 Å². The maximum Gasteiger partial charge on any atom is 0.185 e. The second-order valence-corrected chi connectivity index (χ2v) is 5.81. The molecule has 0 amide bonds. The van der Waals surface area contributed by atoms with Crippen LogP contribution < -0.4 is 4.90 Å². The Kier molecular flexibility index (Phi) is 4.76. The van der Waals surface area contributed by atoms with E-state index in [4.69, 9.17) is 4.74 Å². The number of aryl methyl sites for hydroxylation is 2. The third kappa shape index (κ3) is 3.38. The molecule has 0 spiro atoms. The fourth-order valence-corrected chi connectivity index (χ4v) is 2.78. The summed E-state index contributed by atoms with van der Waals surface area (Å²) in [7, 11) is 0. The number of halogens is 1. The van der Waals surface area contributed by atoms with Gasteiger partial charge in [0.25, 0.3) is 0 Å². The first-order valence-electron chi connectivity index (χ1n) is 7.92. The minimum atomic E-state index is -0.383. The van der Waals surface area contributed by atoms with Crippen LogP contribution in [0.25, 0.3) is 6.08 Å². The third-order valence-corrected chi connectivity index (χ3v) is 4.17. The Hall–Kier alpha value is -2.47. The number of rotatable bonds is 4. The Bertz CT molecular complexity index is 757. The summed E-state index contributed by atoms with van der Waals surface area (Å²) in [6, 6.07) is 4.62. The fraction of sp³-hybridized carbons (Fsp3) is 0.333. The van der Waals surface area contributed by atoms with Crippen molar-refractivity contribution in [3.05, 3.63) is 52.6 Å². The molecule has 5 nitrogen and oxygen atoms in total. The monoisotopic (exact) mass is 329 g/mol. The lowest BCUT2D eigenvalue weighted by Crippen LogP contribution is -2.36. The number of aromatic amines is 1. The lowest BCUT2D eigenvalue weighted by Gasteiger charge is -2.29. The van der Waals surface area contributed by atoms with E-state index in [1.165, 1.54) is 12.1 Å². The Morgan fingerprint density at radius 3 is 2.71 bits per heavy atom. The summed E-state index contributed by atoms with van der Waals surface area (Å²) in [6.45, 7) is 6.25. The van der Waals surface area contributed by atoms with E-state index in [0.717, 1.165) is 17.0 Å². The van der Waals surface area contributed by atoms with Crippen molar-refractivity contribution in [1.82, 2.24) is 10.2 Å². The van der Waals surface area contributed by atoms with Crippen molar-refractivity contribution in [3.8, 4) is 0 Å². The van der Waals surface area contributed by atoms with Crippen molar-refractivity contribution in [2.75, 3.05) is 31.2 Å². The van der Waals surface area contributed by atoms with E-state index < -0.39 is 0 Å². The van der Waals surface area contributed by atoms with Crippen LogP contribution in [0.1, 0.15) is 27.3 Å². The summed E-state index contributed by atoms with van der Waals surface area (Å²) in [5.74, 6) is -0.616. The molecule has 0 atom stereocenters. The van der Waals surface area contributed by atoms with Crippen LogP contribution in [0, 0.1) is 19.7 Å². The number of hydrogen-bond donors (Lipinski definition) is 1. The summed E-state index contributed by atoms with van der Waals surface area (Å²) in [5.41, 5.74) is 3.45. The molecule has 2 heterocycles. The van der Waals surface area contributed by atoms with Crippen LogP contribution in [0.2, 0.25) is 0 Å². The number of hydrogen-bond acceptors (Lipinski definition) is 4. The van der Waals surface area contributed by atoms with Crippen molar-refractivity contribution < 1.29 is 13.9 Å². The van der Waals surface area contributed by atoms with Gasteiger partial charge >= 0.3 is 0 Å². The molecule has 1 fully saturated rings. The van der Waals surface area contributed by atoms with E-state index >= 15 is 0 Å². The molecule has 0 unspecified atom stereocenters. The van der Waals surface area contributed by atoms with Gasteiger partial charge in [-0.05, 0) is 44.2 Å². The third-order valence-electron chi connectivity index (χ3n) is 4.17. The zero-order valence-corrected chi connectivity index (χ0v) is 13.8. The normalized spacial score (nSPS) is 15.2. The van der Waals surface area contributed by atoms with E-state index in [1.54, 1.807) is 18.2 Å². The molecule has 1 aliphatic rings. The SMILES string of the molecule is Cc1n[nH]c(C)c1C=CC(=O)c1ccc(N2CCOCC2)c(F)c1. The second kappa shape index (κ2) is 6.97. The number of anilines is 1. The van der Waals surface area contributed by atoms with Crippen LogP contribution in [0.3, 0.4) is 0 Å². The number of ether oxygens (including phenoxy) is 1. The Balaban J connectivity index is 1.77. The zero-order chi connectivity index (χ0) is 17.1. The molecule has 24 heavy (non-hydrogen) atoms. The zero-order valence-electron chi connectivity index (χ0n) is 13.8. The number of ketones is 1. The average Bonchev–Trinajstić information content (AvgIpc) is 2.91. The molecule has 0 radical (unpaired) electrons. The number of nitrogens with one attached hydrogen (secondary N) is 1. The van der Waals surface area contributed by atoms with Crippen molar-refractivity contribution in [2.24, 2.45) is 0 Å². The Morgan fingerprint density at radius 2 is 2.08 bits per heavy atom. The van der Waals surface area contributed by atoms with E-state index in [0.29, 0.717) is 37.6 Å². The minimum absolute atomic E-state index is 0.234. The molecule has 1 saturated heterocycles. The molecular weight excluding hydrogens is 309 g/mol. The lowest BCUT2D eigenvalue weighted by molar-refractivity contribution is 0.104. The summed E-state index contributed by atoms with van der Waals surface area (Å²) < 4.78 is 19.6. The number of nitrogens with zero attached hydrogens (tertiary/aromatic N) is 2. The van der Waals surface area contributed by atoms with Crippen LogP contribution >= 0.6 is 0 Å². The summed E-state index contributed by atoms with van der Waals surface area (Å²) in [6.07, 6.45) is 3.17. The van der Waals surface area contributed by atoms with Gasteiger partial charge in [0.05, 0.1) is 24.6 Å². The smallest absolute Gasteiger partial charge is 0.185 e. The number of carbonyl (C=O) groups excluding carboxylic acids is 1. The molecule has 1 aromatic heterocycles. The van der Waals surface area contributed by atoms with Crippen molar-refractivity contribution in [1.29, 1.82) is 0 Å². The summed E-state index contributed by atoms with van der Waals surface area (Å²) in [4.78, 5) is 14.2. The number of H-pyrrole nitrogens is 1. The van der Waals surface area contributed by atoms with Gasteiger partial charge in [0.2, 0.25) is 0 Å². The number of carbonyl (C=O) groups is 1. The highest BCUT2D eigenvalue weighted by Crippen LogP contribution is 2.22. The topological polar surface area (TPSA) is 58.2 Å². The van der Waals surface area contributed by atoms with Crippen molar-refractivity contribution in [2.45, 2.75) is 13.8 Å². The Labute approximate surface area is 140 Å². The summed E-state index contributed by atoms with van der Waals surface area (Å²) in [5, 5.41) is 6.95. The minimum Gasteiger partial charge on any atom is -0.378 e. The molecular formula is C18H20FN3O2. The molecule has 1 aliphatic heterocycles. The van der Waals surface area contributed by atoms with Gasteiger partial charge < -0.3 is 9.64 Å². The number of morpholine rings is 1. The molecule has 0 saturated carbocycles.